The highest BCUT2D eigenvalue weighted by Gasteiger charge is 2.37. The van der Waals surface area contributed by atoms with Gasteiger partial charge in [-0.3, -0.25) is 19.5 Å². The Balaban J connectivity index is 1.83. The molecular weight excluding hydrogens is 473 g/mol. The third-order valence-corrected chi connectivity index (χ3v) is 6.86. The number of carbonyl (C=O) groups is 2. The molecule has 0 bridgehead atoms. The van der Waals surface area contributed by atoms with E-state index in [-0.39, 0.29) is 28.5 Å². The lowest BCUT2D eigenvalue weighted by Crippen LogP contribution is -2.41. The number of halogens is 2. The van der Waals surface area contributed by atoms with Crippen LogP contribution in [0.15, 0.2) is 82.3 Å². The van der Waals surface area contributed by atoms with Crippen LogP contribution in [0, 0.1) is 5.82 Å². The van der Waals surface area contributed by atoms with Gasteiger partial charge in [-0.05, 0) is 43.0 Å². The van der Waals surface area contributed by atoms with Crippen LogP contribution >= 0.6 is 22.9 Å². The minimum Gasteiger partial charge on any atom is -0.346 e. The number of aliphatic imine (C=N–C) groups is 1. The summed E-state index contributed by atoms with van der Waals surface area (Å²) >= 11 is 7.85. The fraction of sp³-hybridized carbons (Fsp3) is 0.192. The standard InChI is InChI=1S/C26H23ClFN3O2S/c1-15(18-8-5-4-6-9-18)29-26(33)23-16(2)31(17(3)32)25(22-10-7-13-34-22)30-24(23)20-12-11-19(28)14-21(20)27/h4-15,24H,1-3H3,(H,29,33)/t15-,24-/m0/s1. The van der Waals surface area contributed by atoms with Crippen LogP contribution in [0.5, 0.6) is 0 Å². The molecule has 0 spiro atoms. The third kappa shape index (κ3) is 4.67. The summed E-state index contributed by atoms with van der Waals surface area (Å²) in [5.74, 6) is -0.700. The van der Waals surface area contributed by atoms with Crippen LogP contribution in [-0.4, -0.2) is 22.5 Å². The average molecular weight is 496 g/mol. The van der Waals surface area contributed by atoms with Crippen LogP contribution < -0.4 is 5.32 Å². The van der Waals surface area contributed by atoms with Crippen molar-refractivity contribution < 1.29 is 14.0 Å². The first-order valence-corrected chi connectivity index (χ1v) is 12.0. The molecule has 5 nitrogen and oxygen atoms in total. The number of hydrogen-bond donors (Lipinski definition) is 1. The molecule has 1 N–H and O–H groups in total. The van der Waals surface area contributed by atoms with Gasteiger partial charge in [0, 0.05) is 23.2 Å². The molecule has 2 amide bonds. The number of rotatable bonds is 5. The first-order valence-electron chi connectivity index (χ1n) is 10.7. The predicted molar refractivity (Wildman–Crippen MR) is 133 cm³/mol. The van der Waals surface area contributed by atoms with Gasteiger partial charge >= 0.3 is 0 Å². The van der Waals surface area contributed by atoms with E-state index in [4.69, 9.17) is 16.6 Å². The van der Waals surface area contributed by atoms with Gasteiger partial charge in [0.05, 0.1) is 16.5 Å². The molecule has 1 aliphatic heterocycles. The second-order valence-corrected chi connectivity index (χ2v) is 9.31. The molecule has 2 aromatic carbocycles. The first kappa shape index (κ1) is 23.9. The minimum atomic E-state index is -0.816. The Labute approximate surface area is 206 Å². The lowest BCUT2D eigenvalue weighted by atomic mass is 9.93. The van der Waals surface area contributed by atoms with Crippen LogP contribution in [0.2, 0.25) is 5.02 Å². The number of thiophene rings is 1. The van der Waals surface area contributed by atoms with E-state index in [0.717, 1.165) is 10.4 Å². The lowest BCUT2D eigenvalue weighted by Gasteiger charge is -2.33. The molecular formula is C26H23ClFN3O2S. The van der Waals surface area contributed by atoms with Gasteiger partial charge in [-0.15, -0.1) is 11.3 Å². The van der Waals surface area contributed by atoms with Crippen molar-refractivity contribution in [3.63, 3.8) is 0 Å². The third-order valence-electron chi connectivity index (χ3n) is 5.67. The van der Waals surface area contributed by atoms with E-state index in [9.17, 15) is 14.0 Å². The van der Waals surface area contributed by atoms with Gasteiger partial charge in [0.1, 0.15) is 11.9 Å². The number of carbonyl (C=O) groups excluding carboxylic acids is 2. The molecule has 0 unspecified atom stereocenters. The molecule has 0 radical (unpaired) electrons. The molecule has 1 aliphatic rings. The molecule has 8 heteroatoms. The Morgan fingerprint density at radius 3 is 2.50 bits per heavy atom. The lowest BCUT2D eigenvalue weighted by molar-refractivity contribution is -0.123. The molecule has 1 aromatic heterocycles. The van der Waals surface area contributed by atoms with Gasteiger partial charge in [-0.2, -0.15) is 0 Å². The summed E-state index contributed by atoms with van der Waals surface area (Å²) in [5.41, 5.74) is 2.16. The van der Waals surface area contributed by atoms with E-state index in [1.807, 2.05) is 54.8 Å². The van der Waals surface area contributed by atoms with Gasteiger partial charge in [0.25, 0.3) is 5.91 Å². The molecule has 3 aromatic rings. The van der Waals surface area contributed by atoms with Crippen molar-refractivity contribution in [1.29, 1.82) is 0 Å². The van der Waals surface area contributed by atoms with Crippen LogP contribution in [0.25, 0.3) is 0 Å². The predicted octanol–water partition coefficient (Wildman–Crippen LogP) is 6.04. The highest BCUT2D eigenvalue weighted by Crippen LogP contribution is 2.39. The molecule has 2 atom stereocenters. The van der Waals surface area contributed by atoms with Crippen LogP contribution in [0.1, 0.15) is 48.9 Å². The van der Waals surface area contributed by atoms with Gasteiger partial charge in [-0.1, -0.05) is 54.1 Å². The zero-order chi connectivity index (χ0) is 24.4. The average Bonchev–Trinajstić information content (AvgIpc) is 3.33. The quantitative estimate of drug-likeness (QED) is 0.469. The van der Waals surface area contributed by atoms with Gasteiger partial charge in [0.2, 0.25) is 5.91 Å². The number of amidine groups is 1. The summed E-state index contributed by atoms with van der Waals surface area (Å²) in [6.45, 7) is 5.03. The maximum absolute atomic E-state index is 13.8. The fourth-order valence-electron chi connectivity index (χ4n) is 4.02. The first-order chi connectivity index (χ1) is 16.3. The Morgan fingerprint density at radius 1 is 1.15 bits per heavy atom. The van der Waals surface area contributed by atoms with E-state index in [0.29, 0.717) is 17.1 Å². The van der Waals surface area contributed by atoms with Crippen molar-refractivity contribution in [3.8, 4) is 0 Å². The second-order valence-electron chi connectivity index (χ2n) is 7.96. The van der Waals surface area contributed by atoms with E-state index >= 15 is 0 Å². The fourth-order valence-corrected chi connectivity index (χ4v) is 5.00. The summed E-state index contributed by atoms with van der Waals surface area (Å²) in [7, 11) is 0. The summed E-state index contributed by atoms with van der Waals surface area (Å²) in [5, 5.41) is 5.06. The van der Waals surface area contributed by atoms with Crippen LogP contribution in [-0.2, 0) is 9.59 Å². The van der Waals surface area contributed by atoms with Crippen LogP contribution in [0.3, 0.4) is 0 Å². The Hall–Kier alpha value is -3.29. The second kappa shape index (κ2) is 9.91. The largest absolute Gasteiger partial charge is 0.346 e. The van der Waals surface area contributed by atoms with Gasteiger partial charge in [-0.25, -0.2) is 4.39 Å². The maximum atomic E-state index is 13.8. The van der Waals surface area contributed by atoms with Gasteiger partial charge in [0.15, 0.2) is 5.84 Å². The SMILES string of the molecule is CC(=O)N1C(c2cccs2)=N[C@@H](c2ccc(F)cc2Cl)C(C(=O)N[C@@H](C)c2ccccc2)=C1C. The zero-order valence-corrected chi connectivity index (χ0v) is 20.5. The van der Waals surface area contributed by atoms with E-state index < -0.39 is 11.9 Å². The number of amides is 2. The van der Waals surface area contributed by atoms with Gasteiger partial charge < -0.3 is 5.32 Å². The van der Waals surface area contributed by atoms with E-state index in [2.05, 4.69) is 5.32 Å². The number of nitrogens with zero attached hydrogens (tertiary/aromatic N) is 2. The van der Waals surface area contributed by atoms with E-state index in [1.165, 1.54) is 41.4 Å². The molecule has 0 aliphatic carbocycles. The summed E-state index contributed by atoms with van der Waals surface area (Å²) in [4.78, 5) is 33.4. The Bertz CT molecular complexity index is 1290. The molecule has 0 saturated heterocycles. The number of nitrogens with one attached hydrogen (secondary N) is 1. The molecule has 34 heavy (non-hydrogen) atoms. The van der Waals surface area contributed by atoms with Crippen molar-refractivity contribution in [2.75, 3.05) is 0 Å². The Kier molecular flexibility index (Phi) is 6.95. The highest BCUT2D eigenvalue weighted by molar-refractivity contribution is 7.12. The maximum Gasteiger partial charge on any atom is 0.251 e. The van der Waals surface area contributed by atoms with E-state index in [1.54, 1.807) is 6.92 Å². The monoisotopic (exact) mass is 495 g/mol. The summed E-state index contributed by atoms with van der Waals surface area (Å²) in [6.07, 6.45) is 0. The number of benzene rings is 2. The molecule has 0 fully saturated rings. The topological polar surface area (TPSA) is 61.8 Å². The molecule has 174 valence electrons. The number of allylic oxidation sites excluding steroid dienone is 1. The van der Waals surface area contributed by atoms with Crippen molar-refractivity contribution in [2.45, 2.75) is 32.9 Å². The number of hydrogen-bond acceptors (Lipinski definition) is 4. The van der Waals surface area contributed by atoms with Crippen LogP contribution in [0.4, 0.5) is 4.39 Å². The Morgan fingerprint density at radius 2 is 1.88 bits per heavy atom. The molecule has 0 saturated carbocycles. The van der Waals surface area contributed by atoms with Crippen molar-refractivity contribution in [2.24, 2.45) is 4.99 Å². The molecule has 4 rings (SSSR count). The summed E-state index contributed by atoms with van der Waals surface area (Å²) < 4.78 is 13.8. The van der Waals surface area contributed by atoms with Crippen molar-refractivity contribution in [3.05, 3.63) is 104 Å². The minimum absolute atomic E-state index is 0.157. The van der Waals surface area contributed by atoms with Crippen molar-refractivity contribution >= 4 is 40.6 Å². The highest BCUT2D eigenvalue weighted by atomic mass is 35.5. The normalized spacial score (nSPS) is 16.8. The summed E-state index contributed by atoms with van der Waals surface area (Å²) in [6, 6.07) is 16.2. The smallest absolute Gasteiger partial charge is 0.251 e. The zero-order valence-electron chi connectivity index (χ0n) is 18.9. The molecule has 2 heterocycles. The van der Waals surface area contributed by atoms with Crippen molar-refractivity contribution in [1.82, 2.24) is 10.2 Å².